The molecule has 0 N–H and O–H groups in total. The van der Waals surface area contributed by atoms with Gasteiger partial charge in [0.1, 0.15) is 6.61 Å². The van der Waals surface area contributed by atoms with E-state index in [4.69, 9.17) is 68.1 Å². The summed E-state index contributed by atoms with van der Waals surface area (Å²) in [5.41, 5.74) is 1.99. The fraction of sp³-hybridized carbons (Fsp3) is 0.120. The van der Waals surface area contributed by atoms with Crippen LogP contribution in [0, 0.1) is 0 Å². The van der Waals surface area contributed by atoms with Crippen LogP contribution in [0.1, 0.15) is 18.1 Å². The average molecular weight is 664 g/mol. The first kappa shape index (κ1) is 27.6. The Labute approximate surface area is 246 Å². The molecular formula is C25H16BrCl4NO3S2. The molecule has 0 saturated carbocycles. The van der Waals surface area contributed by atoms with Crippen LogP contribution in [0.2, 0.25) is 20.1 Å². The van der Waals surface area contributed by atoms with E-state index < -0.39 is 0 Å². The van der Waals surface area contributed by atoms with Gasteiger partial charge in [-0.05, 0) is 77.0 Å². The monoisotopic (exact) mass is 661 g/mol. The lowest BCUT2D eigenvalue weighted by atomic mass is 10.1. The van der Waals surface area contributed by atoms with Gasteiger partial charge in [0.05, 0.1) is 26.7 Å². The summed E-state index contributed by atoms with van der Waals surface area (Å²) in [6, 6.07) is 13.8. The molecule has 186 valence electrons. The van der Waals surface area contributed by atoms with Crippen LogP contribution in [0.25, 0.3) is 6.08 Å². The van der Waals surface area contributed by atoms with E-state index in [0.717, 1.165) is 11.1 Å². The summed E-state index contributed by atoms with van der Waals surface area (Å²) in [5.74, 6) is 0.751. The van der Waals surface area contributed by atoms with Crippen LogP contribution in [-0.2, 0) is 11.4 Å². The first-order valence-corrected chi connectivity index (χ1v) is 14.0. The zero-order valence-corrected chi connectivity index (χ0v) is 24.7. The Bertz CT molecular complexity index is 1400. The quantitative estimate of drug-likeness (QED) is 0.186. The Morgan fingerprint density at radius 1 is 1.00 bits per heavy atom. The topological polar surface area (TPSA) is 38.8 Å². The number of anilines is 1. The predicted octanol–water partition coefficient (Wildman–Crippen LogP) is 9.45. The van der Waals surface area contributed by atoms with Crippen LogP contribution in [0.4, 0.5) is 5.69 Å². The van der Waals surface area contributed by atoms with E-state index in [0.29, 0.717) is 57.6 Å². The summed E-state index contributed by atoms with van der Waals surface area (Å²) < 4.78 is 12.9. The Kier molecular flexibility index (Phi) is 9.15. The van der Waals surface area contributed by atoms with E-state index >= 15 is 0 Å². The van der Waals surface area contributed by atoms with E-state index in [2.05, 4.69) is 15.9 Å². The van der Waals surface area contributed by atoms with Crippen molar-refractivity contribution in [2.45, 2.75) is 13.5 Å². The van der Waals surface area contributed by atoms with Gasteiger partial charge in [-0.3, -0.25) is 9.69 Å². The van der Waals surface area contributed by atoms with E-state index in [1.54, 1.807) is 42.5 Å². The fourth-order valence-electron chi connectivity index (χ4n) is 3.35. The van der Waals surface area contributed by atoms with Gasteiger partial charge in [0, 0.05) is 20.6 Å². The Morgan fingerprint density at radius 2 is 1.69 bits per heavy atom. The molecule has 4 nitrogen and oxygen atoms in total. The van der Waals surface area contributed by atoms with Crippen molar-refractivity contribution < 1.29 is 14.3 Å². The first-order valence-electron chi connectivity index (χ1n) is 10.4. The minimum absolute atomic E-state index is 0.217. The molecule has 0 unspecified atom stereocenters. The van der Waals surface area contributed by atoms with E-state index in [1.807, 2.05) is 19.1 Å². The standard InChI is InChI=1S/C25H16BrCl4NO3S2/c1-2-33-21-8-13(7-17(26)23(21)34-12-14-3-4-15(27)10-18(14)29)9-22-24(32)31(25(35)36-22)20-6-5-16(28)11-19(20)30/h3-11H,2,12H2,1H3/b22-9+. The molecule has 0 radical (unpaired) electrons. The highest BCUT2D eigenvalue weighted by Gasteiger charge is 2.34. The van der Waals surface area contributed by atoms with Gasteiger partial charge in [0.15, 0.2) is 15.8 Å². The summed E-state index contributed by atoms with van der Waals surface area (Å²) in [7, 11) is 0. The number of hydrogen-bond acceptors (Lipinski definition) is 5. The van der Waals surface area contributed by atoms with Crippen LogP contribution in [0.15, 0.2) is 57.9 Å². The molecule has 0 aliphatic carbocycles. The third-order valence-corrected chi connectivity index (χ3v) is 7.98. The fourth-order valence-corrected chi connectivity index (χ4v) is 6.17. The minimum Gasteiger partial charge on any atom is -0.490 e. The second-order valence-electron chi connectivity index (χ2n) is 7.40. The predicted molar refractivity (Wildman–Crippen MR) is 158 cm³/mol. The number of carbonyl (C=O) groups is 1. The molecule has 0 spiro atoms. The van der Waals surface area contributed by atoms with Crippen molar-refractivity contribution in [3.63, 3.8) is 0 Å². The molecule has 3 aromatic rings. The number of thiocarbonyl (C=S) groups is 1. The number of halogens is 5. The number of thioether (sulfide) groups is 1. The summed E-state index contributed by atoms with van der Waals surface area (Å²) in [6.07, 6.45) is 1.75. The highest BCUT2D eigenvalue weighted by atomic mass is 79.9. The Balaban J connectivity index is 1.61. The molecule has 1 amide bonds. The molecule has 4 rings (SSSR count). The second-order valence-corrected chi connectivity index (χ2v) is 11.6. The number of rotatable bonds is 7. The number of carbonyl (C=O) groups excluding carboxylic acids is 1. The van der Waals surface area contributed by atoms with Crippen molar-refractivity contribution in [3.8, 4) is 11.5 Å². The van der Waals surface area contributed by atoms with E-state index in [-0.39, 0.29) is 12.5 Å². The summed E-state index contributed by atoms with van der Waals surface area (Å²) >= 11 is 34.8. The van der Waals surface area contributed by atoms with Gasteiger partial charge in [-0.1, -0.05) is 76.4 Å². The molecule has 0 aromatic heterocycles. The van der Waals surface area contributed by atoms with Crippen LogP contribution in [0.5, 0.6) is 11.5 Å². The molecule has 1 saturated heterocycles. The zero-order valence-electron chi connectivity index (χ0n) is 18.5. The van der Waals surface area contributed by atoms with E-state index in [9.17, 15) is 4.79 Å². The lowest BCUT2D eigenvalue weighted by molar-refractivity contribution is -0.113. The highest BCUT2D eigenvalue weighted by molar-refractivity contribution is 9.10. The van der Waals surface area contributed by atoms with Gasteiger partial charge in [0.2, 0.25) is 0 Å². The zero-order chi connectivity index (χ0) is 26.0. The molecule has 0 bridgehead atoms. The SMILES string of the molecule is CCOc1cc(/C=C2/SC(=S)N(c3ccc(Cl)cc3Cl)C2=O)cc(Br)c1OCc1ccc(Cl)cc1Cl. The third-order valence-electron chi connectivity index (χ3n) is 4.96. The summed E-state index contributed by atoms with van der Waals surface area (Å²) in [4.78, 5) is 15.0. The molecule has 1 heterocycles. The average Bonchev–Trinajstić information content (AvgIpc) is 3.07. The Hall–Kier alpha value is -1.45. The second kappa shape index (κ2) is 11.9. The molecule has 1 aliphatic heterocycles. The normalized spacial score (nSPS) is 14.6. The Morgan fingerprint density at radius 3 is 2.36 bits per heavy atom. The number of amides is 1. The number of hydrogen-bond donors (Lipinski definition) is 0. The minimum atomic E-state index is -0.277. The van der Waals surface area contributed by atoms with Crippen LogP contribution in [0.3, 0.4) is 0 Å². The third kappa shape index (κ3) is 6.16. The molecule has 36 heavy (non-hydrogen) atoms. The molecule has 3 aromatic carbocycles. The van der Waals surface area contributed by atoms with Crippen LogP contribution < -0.4 is 14.4 Å². The van der Waals surface area contributed by atoms with Crippen molar-refractivity contribution in [2.75, 3.05) is 11.5 Å². The maximum Gasteiger partial charge on any atom is 0.270 e. The molecular weight excluding hydrogens is 648 g/mol. The van der Waals surface area contributed by atoms with Crippen LogP contribution >= 0.6 is 86.3 Å². The van der Waals surface area contributed by atoms with Gasteiger partial charge in [-0.25, -0.2) is 0 Å². The molecule has 11 heteroatoms. The number of ether oxygens (including phenoxy) is 2. The lowest BCUT2D eigenvalue weighted by Gasteiger charge is -2.16. The van der Waals surface area contributed by atoms with Gasteiger partial charge in [0.25, 0.3) is 5.91 Å². The van der Waals surface area contributed by atoms with Crippen molar-refractivity contribution in [2.24, 2.45) is 0 Å². The number of benzene rings is 3. The van der Waals surface area contributed by atoms with Gasteiger partial charge < -0.3 is 9.47 Å². The van der Waals surface area contributed by atoms with Crippen molar-refractivity contribution in [1.29, 1.82) is 0 Å². The van der Waals surface area contributed by atoms with Gasteiger partial charge >= 0.3 is 0 Å². The van der Waals surface area contributed by atoms with Gasteiger partial charge in [-0.15, -0.1) is 0 Å². The molecule has 0 atom stereocenters. The van der Waals surface area contributed by atoms with Crippen LogP contribution in [-0.4, -0.2) is 16.8 Å². The maximum absolute atomic E-state index is 13.2. The summed E-state index contributed by atoms with van der Waals surface area (Å²) in [5, 5.41) is 1.87. The molecule has 1 aliphatic rings. The van der Waals surface area contributed by atoms with E-state index in [1.165, 1.54) is 16.7 Å². The maximum atomic E-state index is 13.2. The summed E-state index contributed by atoms with van der Waals surface area (Å²) in [6.45, 7) is 2.51. The van der Waals surface area contributed by atoms with Gasteiger partial charge in [-0.2, -0.15) is 0 Å². The number of nitrogens with zero attached hydrogens (tertiary/aromatic N) is 1. The molecule has 1 fully saturated rings. The smallest absolute Gasteiger partial charge is 0.270 e. The van der Waals surface area contributed by atoms with Crippen molar-refractivity contribution in [1.82, 2.24) is 0 Å². The van der Waals surface area contributed by atoms with Crippen molar-refractivity contribution in [3.05, 3.63) is 89.1 Å². The highest BCUT2D eigenvalue weighted by Crippen LogP contribution is 2.42. The first-order chi connectivity index (χ1) is 17.2. The van der Waals surface area contributed by atoms with Crippen molar-refractivity contribution >= 4 is 108 Å². The largest absolute Gasteiger partial charge is 0.490 e. The lowest BCUT2D eigenvalue weighted by Crippen LogP contribution is -2.27.